The first-order valence-electron chi connectivity index (χ1n) is 6.29. The van der Waals surface area contributed by atoms with Gasteiger partial charge in [0.1, 0.15) is 0 Å². The quantitative estimate of drug-likeness (QED) is 0.774. The molecule has 1 heterocycles. The van der Waals surface area contributed by atoms with E-state index in [4.69, 9.17) is 0 Å². The van der Waals surface area contributed by atoms with Crippen molar-refractivity contribution in [1.82, 2.24) is 4.90 Å². The molecule has 1 aromatic carbocycles. The van der Waals surface area contributed by atoms with E-state index >= 15 is 0 Å². The van der Waals surface area contributed by atoms with E-state index in [2.05, 4.69) is 63.9 Å². The Bertz CT molecular complexity index is 399. The minimum absolute atomic E-state index is 1.21. The van der Waals surface area contributed by atoms with Crippen molar-refractivity contribution in [2.75, 3.05) is 13.1 Å². The molecule has 0 amide bonds. The van der Waals surface area contributed by atoms with Gasteiger partial charge in [-0.3, -0.25) is 0 Å². The number of nitrogens with zero attached hydrogens (tertiary/aromatic N) is 1. The molecule has 2 heteroatoms. The number of benzene rings is 1. The Balaban J connectivity index is 1.96. The summed E-state index contributed by atoms with van der Waals surface area (Å²) in [6.45, 7) is 4.53. The van der Waals surface area contributed by atoms with Crippen molar-refractivity contribution in [3.8, 4) is 0 Å². The third-order valence-corrected chi connectivity index (χ3v) is 3.94. The number of hydrogen-bond acceptors (Lipinski definition) is 1. The van der Waals surface area contributed by atoms with E-state index < -0.39 is 0 Å². The number of likely N-dealkylation sites (tertiary alicyclic amines) is 1. The molecule has 0 saturated carbocycles. The van der Waals surface area contributed by atoms with Crippen molar-refractivity contribution < 1.29 is 0 Å². The molecule has 0 spiro atoms. The van der Waals surface area contributed by atoms with Crippen LogP contribution in [0.1, 0.15) is 30.4 Å². The summed E-state index contributed by atoms with van der Waals surface area (Å²) in [6, 6.07) is 8.65. The summed E-state index contributed by atoms with van der Waals surface area (Å²) in [5, 5.41) is 0. The van der Waals surface area contributed by atoms with Crippen molar-refractivity contribution >= 4 is 20.0 Å². The van der Waals surface area contributed by atoms with Gasteiger partial charge in [-0.1, -0.05) is 0 Å². The fraction of sp³-hybridized carbons (Fsp3) is 0.400. The second-order valence-electron chi connectivity index (χ2n) is 4.64. The third-order valence-electron chi connectivity index (χ3n) is 3.16. The number of allylic oxidation sites excluding steroid dienone is 1. The molecular formula is C15H19NSe. The van der Waals surface area contributed by atoms with E-state index in [1.807, 2.05) is 0 Å². The molecule has 0 N–H and O–H groups in total. The number of piperidine rings is 1. The average molecular weight is 292 g/mol. The standard InChI is InChI=1S/C15H19NSe/c1-13-5-7-14(8-6-13)15(17)9-12-16-10-3-2-4-11-16/h5-9,12H,2-4,10-11H2,1H3/b12-9+. The topological polar surface area (TPSA) is 3.24 Å². The molecule has 0 aliphatic carbocycles. The van der Waals surface area contributed by atoms with Crippen LogP contribution in [0.2, 0.25) is 0 Å². The van der Waals surface area contributed by atoms with Crippen LogP contribution in [0.4, 0.5) is 0 Å². The van der Waals surface area contributed by atoms with Gasteiger partial charge in [-0.25, -0.2) is 0 Å². The van der Waals surface area contributed by atoms with Crippen molar-refractivity contribution in [2.24, 2.45) is 0 Å². The molecule has 90 valence electrons. The molecule has 1 aliphatic rings. The molecule has 2 rings (SSSR count). The summed E-state index contributed by atoms with van der Waals surface area (Å²) in [7, 11) is 0. The molecule has 0 unspecified atom stereocenters. The number of rotatable bonds is 3. The van der Waals surface area contributed by atoms with Gasteiger partial charge in [0.05, 0.1) is 0 Å². The fourth-order valence-corrected chi connectivity index (χ4v) is 2.47. The Kier molecular flexibility index (Phi) is 4.58. The summed E-state index contributed by atoms with van der Waals surface area (Å²) < 4.78 is 1.22. The Morgan fingerprint density at radius 3 is 2.41 bits per heavy atom. The molecular weight excluding hydrogens is 273 g/mol. The Morgan fingerprint density at radius 2 is 1.76 bits per heavy atom. The summed E-state index contributed by atoms with van der Waals surface area (Å²) in [5.41, 5.74) is 2.57. The van der Waals surface area contributed by atoms with Gasteiger partial charge in [0.15, 0.2) is 0 Å². The maximum atomic E-state index is 3.16. The van der Waals surface area contributed by atoms with Crippen LogP contribution in [-0.4, -0.2) is 38.0 Å². The van der Waals surface area contributed by atoms with E-state index in [1.165, 1.54) is 47.9 Å². The molecule has 0 atom stereocenters. The molecule has 0 radical (unpaired) electrons. The van der Waals surface area contributed by atoms with Gasteiger partial charge in [-0.2, -0.15) is 0 Å². The Hall–Kier alpha value is -0.851. The van der Waals surface area contributed by atoms with E-state index in [-0.39, 0.29) is 0 Å². The summed E-state index contributed by atoms with van der Waals surface area (Å²) in [5.74, 6) is 0. The summed E-state index contributed by atoms with van der Waals surface area (Å²) >= 11 is 3.16. The van der Waals surface area contributed by atoms with Crippen LogP contribution in [0.25, 0.3) is 0 Å². The summed E-state index contributed by atoms with van der Waals surface area (Å²) in [6.07, 6.45) is 8.47. The van der Waals surface area contributed by atoms with Crippen LogP contribution in [-0.2, 0) is 0 Å². The third kappa shape index (κ3) is 3.83. The second kappa shape index (κ2) is 6.18. The summed E-state index contributed by atoms with van der Waals surface area (Å²) in [4.78, 5) is 2.41. The number of hydrogen-bond donors (Lipinski definition) is 0. The van der Waals surface area contributed by atoms with Gasteiger partial charge in [0.2, 0.25) is 0 Å². The molecule has 1 nitrogen and oxygen atoms in total. The van der Waals surface area contributed by atoms with Gasteiger partial charge in [0, 0.05) is 0 Å². The minimum atomic E-state index is 1.21. The van der Waals surface area contributed by atoms with Crippen LogP contribution in [0, 0.1) is 6.92 Å². The van der Waals surface area contributed by atoms with Crippen LogP contribution in [0.3, 0.4) is 0 Å². The van der Waals surface area contributed by atoms with Crippen LogP contribution >= 0.6 is 0 Å². The van der Waals surface area contributed by atoms with Crippen LogP contribution in [0.5, 0.6) is 0 Å². The zero-order valence-corrected chi connectivity index (χ0v) is 12.1. The normalized spacial score (nSPS) is 16.4. The SMILES string of the molecule is Cc1ccc(C(=[Se])/C=C/N2CCCCC2)cc1. The zero-order valence-electron chi connectivity index (χ0n) is 10.4. The molecule has 1 saturated heterocycles. The zero-order chi connectivity index (χ0) is 12.1. The van der Waals surface area contributed by atoms with E-state index in [0.29, 0.717) is 0 Å². The fourth-order valence-electron chi connectivity index (χ4n) is 2.05. The first-order chi connectivity index (χ1) is 8.25. The monoisotopic (exact) mass is 293 g/mol. The van der Waals surface area contributed by atoms with Gasteiger partial charge in [0.25, 0.3) is 0 Å². The molecule has 1 fully saturated rings. The van der Waals surface area contributed by atoms with Crippen molar-refractivity contribution in [2.45, 2.75) is 26.2 Å². The number of aryl methyl sites for hydroxylation is 1. The van der Waals surface area contributed by atoms with Gasteiger partial charge < -0.3 is 0 Å². The average Bonchev–Trinajstić information content (AvgIpc) is 2.38. The predicted octanol–water partition coefficient (Wildman–Crippen LogP) is 2.68. The first-order valence-corrected chi connectivity index (χ1v) is 7.14. The van der Waals surface area contributed by atoms with Crippen molar-refractivity contribution in [3.63, 3.8) is 0 Å². The van der Waals surface area contributed by atoms with Crippen molar-refractivity contribution in [3.05, 3.63) is 47.7 Å². The van der Waals surface area contributed by atoms with Gasteiger partial charge in [-0.15, -0.1) is 0 Å². The molecule has 1 aromatic rings. The van der Waals surface area contributed by atoms with Crippen LogP contribution in [0.15, 0.2) is 36.5 Å². The van der Waals surface area contributed by atoms with Gasteiger partial charge >= 0.3 is 112 Å². The predicted molar refractivity (Wildman–Crippen MR) is 75.6 cm³/mol. The molecule has 0 bridgehead atoms. The van der Waals surface area contributed by atoms with E-state index in [1.54, 1.807) is 0 Å². The second-order valence-corrected chi connectivity index (χ2v) is 5.57. The Labute approximate surface area is 112 Å². The van der Waals surface area contributed by atoms with E-state index in [0.717, 1.165) is 0 Å². The van der Waals surface area contributed by atoms with Crippen molar-refractivity contribution in [1.29, 1.82) is 0 Å². The maximum absolute atomic E-state index is 3.16. The van der Waals surface area contributed by atoms with Crippen LogP contribution < -0.4 is 0 Å². The molecule has 17 heavy (non-hydrogen) atoms. The van der Waals surface area contributed by atoms with E-state index in [9.17, 15) is 0 Å². The molecule has 0 aromatic heterocycles. The first kappa shape index (κ1) is 12.6. The Morgan fingerprint density at radius 1 is 1.12 bits per heavy atom. The van der Waals surface area contributed by atoms with Gasteiger partial charge in [-0.05, 0) is 0 Å². The molecule has 1 aliphatic heterocycles.